The Kier molecular flexibility index (Phi) is 10.5. The topological polar surface area (TPSA) is 152 Å². The third-order valence-electron chi connectivity index (χ3n) is 16.7. The van der Waals surface area contributed by atoms with Gasteiger partial charge in [0.1, 0.15) is 35.1 Å². The molecule has 4 aromatic heterocycles. The molecule has 0 atom stereocenters. The Hall–Kier alpha value is -6.74. The normalized spacial score (nSPS) is 25.0. The van der Waals surface area contributed by atoms with E-state index in [2.05, 4.69) is 99.6 Å². The van der Waals surface area contributed by atoms with Crippen LogP contribution in [0.1, 0.15) is 97.4 Å². The second kappa shape index (κ2) is 16.8. The van der Waals surface area contributed by atoms with Gasteiger partial charge in [0.15, 0.2) is 5.78 Å². The lowest BCUT2D eigenvalue weighted by molar-refractivity contribution is 0.0154. The van der Waals surface area contributed by atoms with E-state index in [-0.39, 0.29) is 22.9 Å². The number of aromatic nitrogens is 4. The summed E-state index contributed by atoms with van der Waals surface area (Å²) in [4.78, 5) is 36.3. The maximum absolute atomic E-state index is 13.9. The number of hydrogen-bond donors (Lipinski definition) is 2. The van der Waals surface area contributed by atoms with Crippen molar-refractivity contribution in [2.24, 2.45) is 0 Å². The summed E-state index contributed by atoms with van der Waals surface area (Å²) in [7, 11) is 0. The van der Waals surface area contributed by atoms with Crippen molar-refractivity contribution < 1.29 is 4.79 Å². The van der Waals surface area contributed by atoms with E-state index in [0.29, 0.717) is 29.4 Å². The number of benzene rings is 2. The Morgan fingerprint density at radius 1 is 0.647 bits per heavy atom. The largest absolute Gasteiger partial charge is 0.368 e. The lowest BCUT2D eigenvalue weighted by Crippen LogP contribution is -2.55. The van der Waals surface area contributed by atoms with Crippen LogP contribution < -0.4 is 24.9 Å². The van der Waals surface area contributed by atoms with Gasteiger partial charge in [0.05, 0.1) is 17.7 Å². The number of likely N-dealkylation sites (tertiary alicyclic amines) is 1. The molecule has 14 heteroatoms. The van der Waals surface area contributed by atoms with Gasteiger partial charge < -0.3 is 39.5 Å². The number of fused-ring (bicyclic) bond motifs is 2. The summed E-state index contributed by atoms with van der Waals surface area (Å²) in [5.74, 6) is 2.07. The van der Waals surface area contributed by atoms with Gasteiger partial charge in [0, 0.05) is 121 Å². The van der Waals surface area contributed by atoms with E-state index in [1.807, 2.05) is 43.6 Å². The van der Waals surface area contributed by atoms with Crippen LogP contribution >= 0.6 is 0 Å². The molecule has 2 N–H and O–H groups in total. The number of Topliss-reactive ketones (excluding diaryl/α,β-unsaturated/α-hetero) is 1. The molecule has 4 aliphatic heterocycles. The summed E-state index contributed by atoms with van der Waals surface area (Å²) in [6.45, 7) is 11.1. The molecule has 4 saturated heterocycles. The molecular weight excluding hydrogens is 847 g/mol. The summed E-state index contributed by atoms with van der Waals surface area (Å²) < 4.78 is 4.52. The fourth-order valence-electron chi connectivity index (χ4n) is 12.7. The number of nitrogens with one attached hydrogen (secondary N) is 2. The fraction of sp³-hybridized carbons (Fsp3) is 0.444. The molecule has 0 unspecified atom stereocenters. The van der Waals surface area contributed by atoms with Gasteiger partial charge in [-0.1, -0.05) is 12.1 Å². The first kappa shape index (κ1) is 42.6. The van der Waals surface area contributed by atoms with E-state index in [9.17, 15) is 15.3 Å². The number of carbonyl (C=O) groups excluding carboxylic acids is 1. The molecule has 0 radical (unpaired) electrons. The van der Waals surface area contributed by atoms with Crippen molar-refractivity contribution in [1.82, 2.24) is 29.3 Å². The zero-order valence-corrected chi connectivity index (χ0v) is 39.0. The van der Waals surface area contributed by atoms with E-state index in [1.54, 1.807) is 0 Å². The predicted molar refractivity (Wildman–Crippen MR) is 268 cm³/mol. The molecule has 6 fully saturated rings. The first-order chi connectivity index (χ1) is 33.2. The number of piperazine rings is 2. The Bertz CT molecular complexity index is 2990. The lowest BCUT2D eigenvalue weighted by Gasteiger charge is -2.51. The molecule has 6 aliphatic rings. The standard InChI is InChI=1S/C54H59N13O/c1-37(57)38-4-8-42(9-5-38)61-20-24-64(25-21-61)50-15-13-47-41(33-56)35-67(52(47)60-50)45-30-54(31-45)17-3-19-65(54)36-48(68)39-6-10-43(11-7-39)62-22-26-63(27-23-62)49-14-12-46-40(32-55)34-66(51(46)59-49)44-28-53(29-44)16-2-18-58-53/h4-15,34-35,44-45,57-58H,2-3,16-31,36H2,1H3/t44-,45-,53+,54-. The van der Waals surface area contributed by atoms with Crippen LogP contribution in [0, 0.1) is 28.1 Å². The zero-order chi connectivity index (χ0) is 46.1. The molecule has 0 bridgehead atoms. The van der Waals surface area contributed by atoms with Gasteiger partial charge in [0.2, 0.25) is 0 Å². The van der Waals surface area contributed by atoms with Crippen LogP contribution in [0.5, 0.6) is 0 Å². The Morgan fingerprint density at radius 2 is 1.15 bits per heavy atom. The average molecular weight is 906 g/mol. The summed E-state index contributed by atoms with van der Waals surface area (Å²) in [5.41, 5.74) is 8.01. The van der Waals surface area contributed by atoms with Gasteiger partial charge in [-0.3, -0.25) is 9.69 Å². The van der Waals surface area contributed by atoms with Crippen molar-refractivity contribution >= 4 is 56.6 Å². The zero-order valence-electron chi connectivity index (χ0n) is 39.0. The van der Waals surface area contributed by atoms with Crippen LogP contribution in [-0.4, -0.2) is 119 Å². The molecule has 0 amide bonds. The Morgan fingerprint density at radius 3 is 1.63 bits per heavy atom. The highest BCUT2D eigenvalue weighted by Gasteiger charge is 2.52. The van der Waals surface area contributed by atoms with Crippen LogP contribution in [0.2, 0.25) is 0 Å². The van der Waals surface area contributed by atoms with Crippen molar-refractivity contribution in [1.29, 1.82) is 15.9 Å². The van der Waals surface area contributed by atoms with Gasteiger partial charge in [-0.15, -0.1) is 0 Å². The number of anilines is 4. The third-order valence-corrected chi connectivity index (χ3v) is 16.7. The molecule has 2 saturated carbocycles. The van der Waals surface area contributed by atoms with Crippen LogP contribution in [0.4, 0.5) is 23.0 Å². The minimum atomic E-state index is -0.0135. The summed E-state index contributed by atoms with van der Waals surface area (Å²) in [5, 5.41) is 33.6. The molecule has 68 heavy (non-hydrogen) atoms. The molecule has 2 aliphatic carbocycles. The quantitative estimate of drug-likeness (QED) is 0.103. The average Bonchev–Trinajstić information content (AvgIpc) is 4.17. The molecule has 12 rings (SSSR count). The van der Waals surface area contributed by atoms with Crippen LogP contribution in [-0.2, 0) is 0 Å². The van der Waals surface area contributed by atoms with Crippen LogP contribution in [0.25, 0.3) is 22.1 Å². The SMILES string of the molecule is CC(=N)c1ccc(N2CCN(c3ccc4c(C#N)cn([C@H]5C[C@@]6(CCCN6CC(=O)c6ccc(N7CCN(c8ccc9c(C#N)cn([C@H]%10C[C@]%11(CCCN%11)C%10)c9n8)CC7)cc6)C5)c4n3)CC2)cc1. The number of hydrogen-bond acceptors (Lipinski definition) is 12. The summed E-state index contributed by atoms with van der Waals surface area (Å²) in [6, 6.07) is 30.2. The van der Waals surface area contributed by atoms with Crippen LogP contribution in [0.3, 0.4) is 0 Å². The highest BCUT2D eigenvalue weighted by Crippen LogP contribution is 2.52. The summed E-state index contributed by atoms with van der Waals surface area (Å²) >= 11 is 0. The van der Waals surface area contributed by atoms with E-state index in [0.717, 1.165) is 154 Å². The number of nitriles is 2. The summed E-state index contributed by atoms with van der Waals surface area (Å²) in [6.07, 6.45) is 12.7. The number of ketones is 1. The molecule has 14 nitrogen and oxygen atoms in total. The van der Waals surface area contributed by atoms with Gasteiger partial charge in [-0.25, -0.2) is 9.97 Å². The first-order valence-corrected chi connectivity index (χ1v) is 24.8. The first-order valence-electron chi connectivity index (χ1n) is 24.8. The minimum absolute atomic E-state index is 0.0135. The maximum Gasteiger partial charge on any atom is 0.176 e. The number of rotatable bonds is 10. The van der Waals surface area contributed by atoms with Gasteiger partial charge in [-0.05, 0) is 138 Å². The Balaban J connectivity index is 0.662. The Labute approximate surface area is 397 Å². The van der Waals surface area contributed by atoms with Crippen molar-refractivity contribution in [3.63, 3.8) is 0 Å². The van der Waals surface area contributed by atoms with Gasteiger partial charge in [0.25, 0.3) is 0 Å². The van der Waals surface area contributed by atoms with Crippen molar-refractivity contribution in [2.45, 2.75) is 81.5 Å². The van der Waals surface area contributed by atoms with Crippen molar-refractivity contribution in [2.75, 3.05) is 91.6 Å². The van der Waals surface area contributed by atoms with Gasteiger partial charge in [-0.2, -0.15) is 10.5 Å². The smallest absolute Gasteiger partial charge is 0.176 e. The predicted octanol–water partition coefficient (Wildman–Crippen LogP) is 7.68. The molecule has 8 heterocycles. The lowest BCUT2D eigenvalue weighted by atomic mass is 9.70. The van der Waals surface area contributed by atoms with E-state index in [1.165, 1.54) is 18.5 Å². The molecule has 6 aromatic rings. The molecule has 2 aromatic carbocycles. The third kappa shape index (κ3) is 7.36. The van der Waals surface area contributed by atoms with Crippen LogP contribution in [0.15, 0.2) is 85.2 Å². The second-order valence-electron chi connectivity index (χ2n) is 20.5. The maximum atomic E-state index is 13.9. The fourth-order valence-corrected chi connectivity index (χ4v) is 12.7. The molecule has 346 valence electrons. The van der Waals surface area contributed by atoms with Crippen molar-refractivity contribution in [3.05, 3.63) is 107 Å². The minimum Gasteiger partial charge on any atom is -0.368 e. The van der Waals surface area contributed by atoms with Crippen molar-refractivity contribution in [3.8, 4) is 12.1 Å². The number of carbonyl (C=O) groups is 1. The highest BCUT2D eigenvalue weighted by molar-refractivity contribution is 5.98. The van der Waals surface area contributed by atoms with Gasteiger partial charge >= 0.3 is 0 Å². The molecule has 2 spiro atoms. The highest BCUT2D eigenvalue weighted by atomic mass is 16.1. The number of pyridine rings is 2. The second-order valence-corrected chi connectivity index (χ2v) is 20.5. The molecular formula is C54H59N13O. The monoisotopic (exact) mass is 905 g/mol. The van der Waals surface area contributed by atoms with E-state index >= 15 is 0 Å². The van der Waals surface area contributed by atoms with E-state index < -0.39 is 0 Å². The van der Waals surface area contributed by atoms with E-state index in [4.69, 9.17) is 15.4 Å². The number of nitrogens with zero attached hydrogens (tertiary/aromatic N) is 11.